The van der Waals surface area contributed by atoms with Gasteiger partial charge in [0.1, 0.15) is 0 Å². The fourth-order valence-electron chi connectivity index (χ4n) is 2.02. The van der Waals surface area contributed by atoms with E-state index in [4.69, 9.17) is 4.74 Å². The summed E-state index contributed by atoms with van der Waals surface area (Å²) in [6.45, 7) is 3.90. The molecule has 2 heterocycles. The number of rotatable bonds is 3. The van der Waals surface area contributed by atoms with E-state index < -0.39 is 0 Å². The van der Waals surface area contributed by atoms with Gasteiger partial charge in [-0.15, -0.1) is 0 Å². The van der Waals surface area contributed by atoms with Crippen LogP contribution >= 0.6 is 0 Å². The number of carbonyl (C=O) groups excluding carboxylic acids is 1. The minimum Gasteiger partial charge on any atom is -0.450 e. The van der Waals surface area contributed by atoms with E-state index >= 15 is 0 Å². The lowest BCUT2D eigenvalue weighted by atomic mass is 10.1. The molecule has 0 saturated carbocycles. The molecule has 18 heavy (non-hydrogen) atoms. The van der Waals surface area contributed by atoms with Crippen molar-refractivity contribution in [3.05, 3.63) is 18.5 Å². The molecular weight excluding hydrogens is 232 g/mol. The number of carbonyl (C=O) groups is 1. The highest BCUT2D eigenvalue weighted by molar-refractivity contribution is 5.67. The average molecular weight is 250 g/mol. The van der Waals surface area contributed by atoms with Crippen LogP contribution in [-0.2, 0) is 4.74 Å². The van der Waals surface area contributed by atoms with Crippen molar-refractivity contribution in [2.75, 3.05) is 24.6 Å². The van der Waals surface area contributed by atoms with Crippen LogP contribution in [0.2, 0.25) is 0 Å². The van der Waals surface area contributed by atoms with Gasteiger partial charge < -0.3 is 15.0 Å². The molecule has 0 atom stereocenters. The SMILES string of the molecule is CCOC(=O)NC1CCN(c2ncccn2)CC1. The molecule has 2 rings (SSSR count). The van der Waals surface area contributed by atoms with E-state index in [2.05, 4.69) is 20.2 Å². The summed E-state index contributed by atoms with van der Waals surface area (Å²) < 4.78 is 4.87. The molecule has 6 nitrogen and oxygen atoms in total. The van der Waals surface area contributed by atoms with E-state index in [-0.39, 0.29) is 12.1 Å². The third-order valence-electron chi connectivity index (χ3n) is 2.93. The first-order valence-corrected chi connectivity index (χ1v) is 6.25. The van der Waals surface area contributed by atoms with Gasteiger partial charge in [-0.2, -0.15) is 0 Å². The smallest absolute Gasteiger partial charge is 0.407 e. The van der Waals surface area contributed by atoms with Crippen molar-refractivity contribution in [3.8, 4) is 0 Å². The number of hydrogen-bond donors (Lipinski definition) is 1. The lowest BCUT2D eigenvalue weighted by molar-refractivity contribution is 0.146. The van der Waals surface area contributed by atoms with Crippen LogP contribution in [-0.4, -0.2) is 41.8 Å². The summed E-state index contributed by atoms with van der Waals surface area (Å²) >= 11 is 0. The Morgan fingerprint density at radius 1 is 1.44 bits per heavy atom. The number of amides is 1. The summed E-state index contributed by atoms with van der Waals surface area (Å²) in [5.41, 5.74) is 0. The van der Waals surface area contributed by atoms with Crippen molar-refractivity contribution >= 4 is 12.0 Å². The molecule has 1 N–H and O–H groups in total. The Balaban J connectivity index is 1.80. The summed E-state index contributed by atoms with van der Waals surface area (Å²) in [6.07, 6.45) is 4.93. The zero-order chi connectivity index (χ0) is 12.8. The molecule has 1 fully saturated rings. The van der Waals surface area contributed by atoms with E-state index in [1.807, 2.05) is 0 Å². The number of ether oxygens (including phenoxy) is 1. The molecule has 1 amide bonds. The molecule has 98 valence electrons. The van der Waals surface area contributed by atoms with Gasteiger partial charge >= 0.3 is 6.09 Å². The Morgan fingerprint density at radius 2 is 2.11 bits per heavy atom. The molecule has 0 bridgehead atoms. The Morgan fingerprint density at radius 3 is 2.72 bits per heavy atom. The molecule has 0 unspecified atom stereocenters. The molecular formula is C12H18N4O2. The maximum Gasteiger partial charge on any atom is 0.407 e. The summed E-state index contributed by atoms with van der Waals surface area (Å²) in [5.74, 6) is 0.757. The number of alkyl carbamates (subject to hydrolysis) is 1. The first-order valence-electron chi connectivity index (χ1n) is 6.25. The van der Waals surface area contributed by atoms with Gasteiger partial charge in [-0.05, 0) is 25.8 Å². The summed E-state index contributed by atoms with van der Waals surface area (Å²) in [7, 11) is 0. The highest BCUT2D eigenvalue weighted by Gasteiger charge is 2.22. The summed E-state index contributed by atoms with van der Waals surface area (Å²) in [5, 5.41) is 2.86. The minimum atomic E-state index is -0.327. The number of anilines is 1. The first-order chi connectivity index (χ1) is 8.79. The highest BCUT2D eigenvalue weighted by Crippen LogP contribution is 2.15. The van der Waals surface area contributed by atoms with Crippen molar-refractivity contribution in [1.82, 2.24) is 15.3 Å². The Bertz CT molecular complexity index is 377. The normalized spacial score (nSPS) is 16.4. The maximum atomic E-state index is 11.3. The second kappa shape index (κ2) is 6.18. The molecule has 1 aromatic rings. The van der Waals surface area contributed by atoms with Crippen LogP contribution < -0.4 is 10.2 Å². The van der Waals surface area contributed by atoms with Crippen LogP contribution in [0.3, 0.4) is 0 Å². The number of aromatic nitrogens is 2. The van der Waals surface area contributed by atoms with E-state index in [0.717, 1.165) is 31.9 Å². The molecule has 1 aliphatic rings. The molecule has 0 spiro atoms. The van der Waals surface area contributed by atoms with Gasteiger partial charge in [0.2, 0.25) is 5.95 Å². The maximum absolute atomic E-state index is 11.3. The molecule has 0 aromatic carbocycles. The third kappa shape index (κ3) is 3.32. The zero-order valence-corrected chi connectivity index (χ0v) is 10.5. The van der Waals surface area contributed by atoms with Crippen molar-refractivity contribution in [1.29, 1.82) is 0 Å². The minimum absolute atomic E-state index is 0.184. The van der Waals surface area contributed by atoms with Gasteiger partial charge in [0.25, 0.3) is 0 Å². The third-order valence-corrected chi connectivity index (χ3v) is 2.93. The topological polar surface area (TPSA) is 67.3 Å². The Kier molecular flexibility index (Phi) is 4.33. The first kappa shape index (κ1) is 12.6. The van der Waals surface area contributed by atoms with Crippen LogP contribution in [0, 0.1) is 0 Å². The molecule has 0 aliphatic carbocycles. The second-order valence-corrected chi connectivity index (χ2v) is 4.17. The second-order valence-electron chi connectivity index (χ2n) is 4.17. The van der Waals surface area contributed by atoms with Crippen LogP contribution in [0.1, 0.15) is 19.8 Å². The van der Waals surface area contributed by atoms with E-state index in [1.54, 1.807) is 25.4 Å². The monoisotopic (exact) mass is 250 g/mol. The number of hydrogen-bond acceptors (Lipinski definition) is 5. The van der Waals surface area contributed by atoms with Gasteiger partial charge in [-0.3, -0.25) is 0 Å². The van der Waals surface area contributed by atoms with Gasteiger partial charge in [-0.1, -0.05) is 0 Å². The fraction of sp³-hybridized carbons (Fsp3) is 0.583. The highest BCUT2D eigenvalue weighted by atomic mass is 16.5. The number of nitrogens with zero attached hydrogens (tertiary/aromatic N) is 3. The van der Waals surface area contributed by atoms with Crippen molar-refractivity contribution in [2.24, 2.45) is 0 Å². The van der Waals surface area contributed by atoms with Crippen LogP contribution in [0.15, 0.2) is 18.5 Å². The fourth-order valence-corrected chi connectivity index (χ4v) is 2.02. The van der Waals surface area contributed by atoms with Crippen LogP contribution in [0.5, 0.6) is 0 Å². The standard InChI is InChI=1S/C12H18N4O2/c1-2-18-12(17)15-10-4-8-16(9-5-10)11-13-6-3-7-14-11/h3,6-7,10H,2,4-5,8-9H2,1H3,(H,15,17). The van der Waals surface area contributed by atoms with E-state index in [0.29, 0.717) is 6.61 Å². The molecule has 6 heteroatoms. The van der Waals surface area contributed by atoms with Crippen LogP contribution in [0.25, 0.3) is 0 Å². The van der Waals surface area contributed by atoms with E-state index in [9.17, 15) is 4.79 Å². The van der Waals surface area contributed by atoms with Gasteiger partial charge in [-0.25, -0.2) is 14.8 Å². The van der Waals surface area contributed by atoms with Crippen LogP contribution in [0.4, 0.5) is 10.7 Å². The summed E-state index contributed by atoms with van der Waals surface area (Å²) in [4.78, 5) is 21.9. The molecule has 1 aliphatic heterocycles. The van der Waals surface area contributed by atoms with Crippen molar-refractivity contribution in [2.45, 2.75) is 25.8 Å². The predicted octanol–water partition coefficient (Wildman–Crippen LogP) is 1.19. The quantitative estimate of drug-likeness (QED) is 0.872. The number of nitrogens with one attached hydrogen (secondary N) is 1. The number of piperidine rings is 1. The lowest BCUT2D eigenvalue weighted by Crippen LogP contribution is -2.45. The van der Waals surface area contributed by atoms with E-state index in [1.165, 1.54) is 0 Å². The molecule has 0 radical (unpaired) electrons. The molecule has 1 saturated heterocycles. The largest absolute Gasteiger partial charge is 0.450 e. The van der Waals surface area contributed by atoms with Crippen molar-refractivity contribution in [3.63, 3.8) is 0 Å². The van der Waals surface area contributed by atoms with Gasteiger partial charge in [0.05, 0.1) is 6.61 Å². The van der Waals surface area contributed by atoms with Gasteiger partial charge in [0, 0.05) is 31.5 Å². The summed E-state index contributed by atoms with van der Waals surface area (Å²) in [6, 6.07) is 1.99. The van der Waals surface area contributed by atoms with Crippen molar-refractivity contribution < 1.29 is 9.53 Å². The average Bonchev–Trinajstić information content (AvgIpc) is 2.41. The molecule has 1 aromatic heterocycles. The van der Waals surface area contributed by atoms with Gasteiger partial charge in [0.15, 0.2) is 0 Å². The predicted molar refractivity (Wildman–Crippen MR) is 67.4 cm³/mol. The lowest BCUT2D eigenvalue weighted by Gasteiger charge is -2.31. The Labute approximate surface area is 106 Å². The Hall–Kier alpha value is -1.85. The zero-order valence-electron chi connectivity index (χ0n) is 10.5.